The van der Waals surface area contributed by atoms with Crippen LogP contribution in [0.15, 0.2) is 0 Å². The van der Waals surface area contributed by atoms with Crippen molar-refractivity contribution in [3.63, 3.8) is 0 Å². The Bertz CT molecular complexity index is 50.9. The summed E-state index contributed by atoms with van der Waals surface area (Å²) in [6, 6.07) is 0. The van der Waals surface area contributed by atoms with Gasteiger partial charge in [0.2, 0.25) is 0 Å². The van der Waals surface area contributed by atoms with Gasteiger partial charge in [-0.25, -0.2) is 5.11 Å². The molecule has 0 bridgehead atoms. The second-order valence-electron chi connectivity index (χ2n) is 2.11. The molecule has 0 saturated heterocycles. The third-order valence-electron chi connectivity index (χ3n) is 1.46. The van der Waals surface area contributed by atoms with E-state index in [1.807, 2.05) is 0 Å². The minimum absolute atomic E-state index is 0.0276. The molecular formula is C7H15O2. The van der Waals surface area contributed by atoms with Gasteiger partial charge in [-0.3, -0.25) is 0 Å². The molecule has 0 aromatic carbocycles. The molecule has 0 heterocycles. The average molecular weight is 131 g/mol. The van der Waals surface area contributed by atoms with Crippen LogP contribution in [0.4, 0.5) is 0 Å². The molecule has 0 aliphatic heterocycles. The second-order valence-corrected chi connectivity index (χ2v) is 2.11. The van der Waals surface area contributed by atoms with Crippen LogP contribution in [0.3, 0.4) is 0 Å². The fourth-order valence-corrected chi connectivity index (χ4v) is 0.800. The molecule has 0 N–H and O–H groups in total. The zero-order valence-electron chi connectivity index (χ0n) is 6.22. The first-order chi connectivity index (χ1) is 4.35. The fraction of sp³-hybridized carbons (Fsp3) is 1.00. The van der Waals surface area contributed by atoms with E-state index in [0.29, 0.717) is 6.10 Å². The predicted molar refractivity (Wildman–Crippen MR) is 35.9 cm³/mol. The largest absolute Gasteiger partial charge is 0.381 e. The summed E-state index contributed by atoms with van der Waals surface area (Å²) in [4.78, 5) is 0. The number of ether oxygens (including phenoxy) is 1. The van der Waals surface area contributed by atoms with Crippen molar-refractivity contribution in [2.75, 3.05) is 13.7 Å². The Morgan fingerprint density at radius 3 is 2.56 bits per heavy atom. The number of hydrogen-bond acceptors (Lipinski definition) is 1. The van der Waals surface area contributed by atoms with Gasteiger partial charge in [0.25, 0.3) is 0 Å². The topological polar surface area (TPSA) is 29.1 Å². The van der Waals surface area contributed by atoms with Crippen molar-refractivity contribution in [2.45, 2.75) is 32.3 Å². The van der Waals surface area contributed by atoms with Crippen LogP contribution in [0.2, 0.25) is 0 Å². The van der Waals surface area contributed by atoms with Gasteiger partial charge in [0, 0.05) is 7.11 Å². The van der Waals surface area contributed by atoms with E-state index in [9.17, 15) is 5.11 Å². The van der Waals surface area contributed by atoms with Crippen molar-refractivity contribution >= 4 is 0 Å². The Labute approximate surface area is 56.8 Å². The average Bonchev–Trinajstić information content (AvgIpc) is 1.91. The van der Waals surface area contributed by atoms with Gasteiger partial charge >= 0.3 is 0 Å². The van der Waals surface area contributed by atoms with Gasteiger partial charge < -0.3 is 4.74 Å². The van der Waals surface area contributed by atoms with Crippen LogP contribution in [0, 0.1) is 0 Å². The van der Waals surface area contributed by atoms with Crippen LogP contribution < -0.4 is 0 Å². The van der Waals surface area contributed by atoms with Crippen LogP contribution >= 0.6 is 0 Å². The fourth-order valence-electron chi connectivity index (χ4n) is 0.800. The van der Waals surface area contributed by atoms with E-state index in [1.54, 1.807) is 7.11 Å². The summed E-state index contributed by atoms with van der Waals surface area (Å²) in [5.74, 6) is 0. The van der Waals surface area contributed by atoms with E-state index in [4.69, 9.17) is 4.74 Å². The molecule has 1 atom stereocenters. The molecule has 0 fully saturated rings. The molecule has 0 aliphatic carbocycles. The van der Waals surface area contributed by atoms with Crippen molar-refractivity contribution in [2.24, 2.45) is 0 Å². The van der Waals surface area contributed by atoms with Gasteiger partial charge in [0.15, 0.2) is 0 Å². The lowest BCUT2D eigenvalue weighted by molar-refractivity contribution is 0.0789. The molecule has 0 spiro atoms. The van der Waals surface area contributed by atoms with E-state index in [0.717, 1.165) is 19.3 Å². The third kappa shape index (κ3) is 4.43. The van der Waals surface area contributed by atoms with Crippen LogP contribution in [0.5, 0.6) is 0 Å². The highest BCUT2D eigenvalue weighted by Gasteiger charge is 2.01. The molecule has 0 rings (SSSR count). The SMILES string of the molecule is CCC(CCC[O])OC. The third-order valence-corrected chi connectivity index (χ3v) is 1.46. The van der Waals surface area contributed by atoms with Crippen LogP contribution in [0.1, 0.15) is 26.2 Å². The summed E-state index contributed by atoms with van der Waals surface area (Å²) in [6.45, 7) is 2.10. The maximum atomic E-state index is 10.0. The van der Waals surface area contributed by atoms with Crippen molar-refractivity contribution < 1.29 is 9.84 Å². The molecule has 2 nitrogen and oxygen atoms in total. The van der Waals surface area contributed by atoms with E-state index in [2.05, 4.69) is 6.92 Å². The maximum absolute atomic E-state index is 10.0. The molecule has 0 amide bonds. The number of rotatable bonds is 5. The quantitative estimate of drug-likeness (QED) is 0.557. The lowest BCUT2D eigenvalue weighted by Gasteiger charge is -2.10. The first kappa shape index (κ1) is 8.92. The van der Waals surface area contributed by atoms with Gasteiger partial charge in [0.05, 0.1) is 12.7 Å². The zero-order chi connectivity index (χ0) is 7.11. The first-order valence-electron chi connectivity index (χ1n) is 3.46. The van der Waals surface area contributed by atoms with Crippen LogP contribution in [-0.2, 0) is 9.84 Å². The molecule has 1 unspecified atom stereocenters. The van der Waals surface area contributed by atoms with Gasteiger partial charge in [-0.15, -0.1) is 0 Å². The molecule has 0 saturated carbocycles. The first-order valence-corrected chi connectivity index (χ1v) is 3.46. The van der Waals surface area contributed by atoms with Gasteiger partial charge in [-0.05, 0) is 19.3 Å². The molecule has 0 aromatic heterocycles. The summed E-state index contributed by atoms with van der Waals surface area (Å²) < 4.78 is 5.06. The number of hydrogen-bond donors (Lipinski definition) is 0. The highest BCUT2D eigenvalue weighted by molar-refractivity contribution is 4.52. The minimum Gasteiger partial charge on any atom is -0.381 e. The Kier molecular flexibility index (Phi) is 5.99. The van der Waals surface area contributed by atoms with E-state index in [1.165, 1.54) is 0 Å². The summed E-state index contributed by atoms with van der Waals surface area (Å²) in [7, 11) is 1.69. The standard InChI is InChI=1S/C7H15O2/c1-3-7(9-2)5-4-6-8/h7H,3-6H2,1-2H3. The van der Waals surface area contributed by atoms with Gasteiger partial charge in [-0.2, -0.15) is 0 Å². The molecule has 0 aromatic rings. The highest BCUT2D eigenvalue weighted by Crippen LogP contribution is 2.03. The Hall–Kier alpha value is -0.0800. The monoisotopic (exact) mass is 131 g/mol. The molecular weight excluding hydrogens is 116 g/mol. The summed E-state index contributed by atoms with van der Waals surface area (Å²) in [6.07, 6.45) is 2.97. The Balaban J connectivity index is 3.09. The van der Waals surface area contributed by atoms with Crippen molar-refractivity contribution in [3.05, 3.63) is 0 Å². The minimum atomic E-state index is 0.0276. The van der Waals surface area contributed by atoms with Gasteiger partial charge in [-0.1, -0.05) is 6.92 Å². The van der Waals surface area contributed by atoms with Gasteiger partial charge in [0.1, 0.15) is 0 Å². The summed E-state index contributed by atoms with van der Waals surface area (Å²) in [5.41, 5.74) is 0. The van der Waals surface area contributed by atoms with E-state index in [-0.39, 0.29) is 6.61 Å². The second kappa shape index (κ2) is 6.05. The van der Waals surface area contributed by atoms with Crippen molar-refractivity contribution in [1.29, 1.82) is 0 Å². The number of methoxy groups -OCH3 is 1. The molecule has 1 radical (unpaired) electrons. The van der Waals surface area contributed by atoms with Crippen molar-refractivity contribution in [3.8, 4) is 0 Å². The maximum Gasteiger partial charge on any atom is 0.0823 e. The normalized spacial score (nSPS) is 13.7. The smallest absolute Gasteiger partial charge is 0.0823 e. The van der Waals surface area contributed by atoms with E-state index < -0.39 is 0 Å². The zero-order valence-corrected chi connectivity index (χ0v) is 6.22. The van der Waals surface area contributed by atoms with Crippen LogP contribution in [0.25, 0.3) is 0 Å². The van der Waals surface area contributed by atoms with E-state index >= 15 is 0 Å². The molecule has 0 aliphatic rings. The lowest BCUT2D eigenvalue weighted by atomic mass is 10.1. The predicted octanol–water partition coefficient (Wildman–Crippen LogP) is 1.62. The summed E-state index contributed by atoms with van der Waals surface area (Å²) in [5, 5.41) is 10.0. The highest BCUT2D eigenvalue weighted by atomic mass is 16.5. The van der Waals surface area contributed by atoms with Crippen molar-refractivity contribution in [1.82, 2.24) is 0 Å². The lowest BCUT2D eigenvalue weighted by Crippen LogP contribution is -2.08. The molecule has 2 heteroatoms. The molecule has 55 valence electrons. The molecule has 9 heavy (non-hydrogen) atoms. The Morgan fingerprint density at radius 1 is 1.56 bits per heavy atom. The summed E-state index contributed by atoms with van der Waals surface area (Å²) >= 11 is 0. The van der Waals surface area contributed by atoms with Crippen LogP contribution in [-0.4, -0.2) is 19.8 Å². The Morgan fingerprint density at radius 2 is 2.22 bits per heavy atom.